The lowest BCUT2D eigenvalue weighted by atomic mass is 9.93. The lowest BCUT2D eigenvalue weighted by Crippen LogP contribution is -2.38. The largest absolute Gasteiger partial charge is 0.301 e. The maximum absolute atomic E-state index is 13.7. The van der Waals surface area contributed by atoms with E-state index >= 15 is 0 Å². The molecule has 1 aliphatic rings. The van der Waals surface area contributed by atoms with E-state index in [1.54, 1.807) is 4.68 Å². The van der Waals surface area contributed by atoms with E-state index in [0.29, 0.717) is 17.7 Å². The predicted octanol–water partition coefficient (Wildman–Crippen LogP) is 2.63. The average molecular weight is 239 g/mol. The smallest absolute Gasteiger partial charge is 0.164 e. The van der Waals surface area contributed by atoms with Crippen molar-refractivity contribution in [3.05, 3.63) is 17.7 Å². The number of likely N-dealkylation sites (tertiary alicyclic amines) is 1. The first-order valence-corrected chi connectivity index (χ1v) is 6.58. The van der Waals surface area contributed by atoms with Crippen molar-refractivity contribution in [1.29, 1.82) is 0 Å². The standard InChI is InChI=1S/C13H22FN3/c1-4-17-9-12(14)13(15-17)11-5-7-16(8-6-11)10(2)3/h9-11H,4-8H2,1-3H3. The summed E-state index contributed by atoms with van der Waals surface area (Å²) in [5, 5.41) is 4.34. The Labute approximate surface area is 103 Å². The lowest BCUT2D eigenvalue weighted by molar-refractivity contribution is 0.169. The fourth-order valence-corrected chi connectivity index (χ4v) is 2.54. The molecule has 0 aromatic carbocycles. The van der Waals surface area contributed by atoms with Crippen LogP contribution >= 0.6 is 0 Å². The van der Waals surface area contributed by atoms with Crippen LogP contribution in [-0.2, 0) is 6.54 Å². The molecule has 2 heterocycles. The van der Waals surface area contributed by atoms with Crippen LogP contribution in [0.4, 0.5) is 4.39 Å². The van der Waals surface area contributed by atoms with E-state index < -0.39 is 0 Å². The highest BCUT2D eigenvalue weighted by Crippen LogP contribution is 2.29. The normalized spacial score (nSPS) is 19.1. The van der Waals surface area contributed by atoms with Gasteiger partial charge in [0.05, 0.1) is 6.20 Å². The van der Waals surface area contributed by atoms with Gasteiger partial charge in [0.1, 0.15) is 5.69 Å². The van der Waals surface area contributed by atoms with E-state index in [2.05, 4.69) is 23.8 Å². The Hall–Kier alpha value is -0.900. The minimum atomic E-state index is -0.130. The monoisotopic (exact) mass is 239 g/mol. The summed E-state index contributed by atoms with van der Waals surface area (Å²) in [5.41, 5.74) is 0.676. The van der Waals surface area contributed by atoms with E-state index in [9.17, 15) is 4.39 Å². The summed E-state index contributed by atoms with van der Waals surface area (Å²) in [5.74, 6) is 0.174. The minimum absolute atomic E-state index is 0.130. The molecule has 1 aromatic rings. The van der Waals surface area contributed by atoms with Crippen LogP contribution in [0.15, 0.2) is 6.20 Å². The van der Waals surface area contributed by atoms with Gasteiger partial charge in [0, 0.05) is 18.5 Å². The van der Waals surface area contributed by atoms with Crippen molar-refractivity contribution in [3.63, 3.8) is 0 Å². The Balaban J connectivity index is 2.02. The molecule has 2 rings (SSSR count). The van der Waals surface area contributed by atoms with Crippen molar-refractivity contribution < 1.29 is 4.39 Å². The molecule has 0 saturated carbocycles. The van der Waals surface area contributed by atoms with Gasteiger partial charge in [-0.3, -0.25) is 4.68 Å². The fourth-order valence-electron chi connectivity index (χ4n) is 2.54. The number of aryl methyl sites for hydroxylation is 1. The minimum Gasteiger partial charge on any atom is -0.301 e. The molecule has 0 atom stereocenters. The topological polar surface area (TPSA) is 21.1 Å². The average Bonchev–Trinajstić information content (AvgIpc) is 2.71. The van der Waals surface area contributed by atoms with Gasteiger partial charge in [-0.15, -0.1) is 0 Å². The quantitative estimate of drug-likeness (QED) is 0.808. The highest BCUT2D eigenvalue weighted by atomic mass is 19.1. The zero-order chi connectivity index (χ0) is 12.4. The predicted molar refractivity (Wildman–Crippen MR) is 66.5 cm³/mol. The zero-order valence-electron chi connectivity index (χ0n) is 11.0. The molecule has 0 amide bonds. The Bertz CT molecular complexity index is 365. The van der Waals surface area contributed by atoms with Crippen LogP contribution in [0, 0.1) is 5.82 Å². The summed E-state index contributed by atoms with van der Waals surface area (Å²) < 4.78 is 15.4. The zero-order valence-corrected chi connectivity index (χ0v) is 11.0. The molecular weight excluding hydrogens is 217 g/mol. The van der Waals surface area contributed by atoms with Gasteiger partial charge < -0.3 is 4.90 Å². The van der Waals surface area contributed by atoms with E-state index in [1.165, 1.54) is 6.20 Å². The number of aromatic nitrogens is 2. The van der Waals surface area contributed by atoms with Crippen LogP contribution in [0.1, 0.15) is 45.2 Å². The summed E-state index contributed by atoms with van der Waals surface area (Å²) in [6.07, 6.45) is 3.57. The van der Waals surface area contributed by atoms with Gasteiger partial charge in [-0.1, -0.05) is 0 Å². The molecule has 0 unspecified atom stereocenters. The van der Waals surface area contributed by atoms with E-state index in [1.807, 2.05) is 6.92 Å². The van der Waals surface area contributed by atoms with E-state index in [-0.39, 0.29) is 5.82 Å². The highest BCUT2D eigenvalue weighted by molar-refractivity contribution is 5.10. The van der Waals surface area contributed by atoms with Gasteiger partial charge in [0.25, 0.3) is 0 Å². The Kier molecular flexibility index (Phi) is 3.82. The van der Waals surface area contributed by atoms with Crippen LogP contribution in [0.5, 0.6) is 0 Å². The number of hydrogen-bond donors (Lipinski definition) is 0. The first-order chi connectivity index (χ1) is 8.11. The summed E-state index contributed by atoms with van der Waals surface area (Å²) >= 11 is 0. The number of halogens is 1. The third-order valence-electron chi connectivity index (χ3n) is 3.71. The summed E-state index contributed by atoms with van der Waals surface area (Å²) in [7, 11) is 0. The molecule has 1 aliphatic heterocycles. The van der Waals surface area contributed by atoms with Gasteiger partial charge in [-0.25, -0.2) is 4.39 Å². The third kappa shape index (κ3) is 2.68. The second kappa shape index (κ2) is 5.17. The summed E-state index contributed by atoms with van der Waals surface area (Å²) in [6.45, 7) is 9.26. The maximum Gasteiger partial charge on any atom is 0.164 e. The van der Waals surface area contributed by atoms with Gasteiger partial charge in [-0.05, 0) is 46.7 Å². The molecule has 3 nitrogen and oxygen atoms in total. The van der Waals surface area contributed by atoms with Gasteiger partial charge in [0.2, 0.25) is 0 Å². The molecule has 0 N–H and O–H groups in total. The molecule has 0 radical (unpaired) electrons. The first-order valence-electron chi connectivity index (χ1n) is 6.58. The van der Waals surface area contributed by atoms with Crippen LogP contribution in [0.3, 0.4) is 0 Å². The van der Waals surface area contributed by atoms with Crippen molar-refractivity contribution in [1.82, 2.24) is 14.7 Å². The Morgan fingerprint density at radius 2 is 2.06 bits per heavy atom. The number of rotatable bonds is 3. The third-order valence-corrected chi connectivity index (χ3v) is 3.71. The van der Waals surface area contributed by atoms with Crippen molar-refractivity contribution >= 4 is 0 Å². The molecular formula is C13H22FN3. The molecule has 0 aliphatic carbocycles. The van der Waals surface area contributed by atoms with E-state index in [0.717, 1.165) is 32.5 Å². The molecule has 4 heteroatoms. The Morgan fingerprint density at radius 3 is 2.53 bits per heavy atom. The summed E-state index contributed by atoms with van der Waals surface area (Å²) in [4.78, 5) is 2.45. The van der Waals surface area contributed by atoms with Crippen molar-refractivity contribution in [2.45, 2.75) is 52.1 Å². The SMILES string of the molecule is CCn1cc(F)c(C2CCN(C(C)C)CC2)n1. The molecule has 0 bridgehead atoms. The molecule has 17 heavy (non-hydrogen) atoms. The molecule has 1 fully saturated rings. The molecule has 1 aromatic heterocycles. The van der Waals surface area contributed by atoms with Crippen molar-refractivity contribution in [3.8, 4) is 0 Å². The van der Waals surface area contributed by atoms with Crippen molar-refractivity contribution in [2.24, 2.45) is 0 Å². The van der Waals surface area contributed by atoms with Crippen LogP contribution in [-0.4, -0.2) is 33.8 Å². The van der Waals surface area contributed by atoms with Crippen LogP contribution in [0.25, 0.3) is 0 Å². The van der Waals surface area contributed by atoms with Crippen molar-refractivity contribution in [2.75, 3.05) is 13.1 Å². The number of nitrogens with zero attached hydrogens (tertiary/aromatic N) is 3. The molecule has 96 valence electrons. The second-order valence-corrected chi connectivity index (χ2v) is 5.12. The highest BCUT2D eigenvalue weighted by Gasteiger charge is 2.26. The Morgan fingerprint density at radius 1 is 1.41 bits per heavy atom. The molecule has 0 spiro atoms. The summed E-state index contributed by atoms with van der Waals surface area (Å²) in [6, 6.07) is 0.592. The van der Waals surface area contributed by atoms with Gasteiger partial charge in [0.15, 0.2) is 5.82 Å². The van der Waals surface area contributed by atoms with Crippen LogP contribution in [0.2, 0.25) is 0 Å². The molecule has 1 saturated heterocycles. The maximum atomic E-state index is 13.7. The fraction of sp³-hybridized carbons (Fsp3) is 0.769. The number of hydrogen-bond acceptors (Lipinski definition) is 2. The van der Waals surface area contributed by atoms with Crippen LogP contribution < -0.4 is 0 Å². The van der Waals surface area contributed by atoms with E-state index in [4.69, 9.17) is 0 Å². The van der Waals surface area contributed by atoms with Gasteiger partial charge in [-0.2, -0.15) is 5.10 Å². The lowest BCUT2D eigenvalue weighted by Gasteiger charge is -2.33. The van der Waals surface area contributed by atoms with Gasteiger partial charge >= 0.3 is 0 Å². The number of piperidine rings is 1. The second-order valence-electron chi connectivity index (χ2n) is 5.12. The first kappa shape index (κ1) is 12.6.